The minimum absolute atomic E-state index is 0.0376. The molecule has 0 spiro atoms. The lowest BCUT2D eigenvalue weighted by Gasteiger charge is -2.48. The molecule has 0 saturated carbocycles. The number of cyclic esters (lactones) is 1. The number of carbonyl (C=O) groups excluding carboxylic acids is 5. The minimum Gasteiger partial charge on any atom is -0.462 e. The first kappa shape index (κ1) is 58.4. The third kappa shape index (κ3) is 15.8. The van der Waals surface area contributed by atoms with Gasteiger partial charge in [-0.15, -0.1) is 0 Å². The molecule has 18 heteroatoms. The van der Waals surface area contributed by atoms with Crippen molar-refractivity contribution in [2.24, 2.45) is 23.7 Å². The molecular weight excluding hydrogens is 887 g/mol. The summed E-state index contributed by atoms with van der Waals surface area (Å²) >= 11 is 0. The van der Waals surface area contributed by atoms with Crippen LogP contribution in [-0.4, -0.2) is 163 Å². The van der Waals surface area contributed by atoms with Crippen molar-refractivity contribution < 1.29 is 76.1 Å². The van der Waals surface area contributed by atoms with Crippen LogP contribution in [0.2, 0.25) is 18.1 Å². The van der Waals surface area contributed by atoms with Gasteiger partial charge in [0.25, 0.3) is 0 Å². The van der Waals surface area contributed by atoms with E-state index >= 15 is 0 Å². The molecule has 0 aromatic rings. The van der Waals surface area contributed by atoms with E-state index in [-0.39, 0.29) is 31.3 Å². The molecule has 1 N–H and O–H groups in total. The van der Waals surface area contributed by atoms with E-state index in [9.17, 15) is 29.1 Å². The number of carbonyl (C=O) groups is 5. The highest BCUT2D eigenvalue weighted by Crippen LogP contribution is 2.37. The third-order valence-electron chi connectivity index (χ3n) is 13.9. The fourth-order valence-corrected chi connectivity index (χ4v) is 12.7. The Morgan fingerprint density at radius 1 is 0.836 bits per heavy atom. The van der Waals surface area contributed by atoms with E-state index in [1.165, 1.54) is 19.9 Å². The Bertz CT molecular complexity index is 1650. The summed E-state index contributed by atoms with van der Waals surface area (Å²) in [4.78, 5) is 66.7. The van der Waals surface area contributed by atoms with Gasteiger partial charge < -0.3 is 57.0 Å². The van der Waals surface area contributed by atoms with Crippen LogP contribution >= 0.6 is 0 Å². The van der Waals surface area contributed by atoms with Gasteiger partial charge in [-0.1, -0.05) is 59.3 Å². The average molecular weight is 970 g/mol. The number of ether oxygens (including phenoxy) is 9. The summed E-state index contributed by atoms with van der Waals surface area (Å²) in [7, 11) is 4.62. The van der Waals surface area contributed by atoms with Crippen molar-refractivity contribution in [1.29, 1.82) is 0 Å². The van der Waals surface area contributed by atoms with Crippen molar-refractivity contribution in [3.8, 4) is 0 Å². The molecule has 0 aromatic heterocycles. The second kappa shape index (κ2) is 27.5. The molecular formula is C49H83NO16Si. The summed E-state index contributed by atoms with van der Waals surface area (Å²) < 4.78 is 62.6. The number of ketones is 1. The summed E-state index contributed by atoms with van der Waals surface area (Å²) in [6.07, 6.45) is -4.06. The third-order valence-corrected chi connectivity index (χ3v) is 18.6. The van der Waals surface area contributed by atoms with E-state index in [0.29, 0.717) is 12.0 Å². The maximum Gasteiger partial charge on any atom is 0.308 e. The monoisotopic (exact) mass is 970 g/mol. The van der Waals surface area contributed by atoms with Crippen LogP contribution in [-0.2, 0) is 71.0 Å². The van der Waals surface area contributed by atoms with Crippen LogP contribution in [0, 0.1) is 23.7 Å². The van der Waals surface area contributed by atoms with E-state index in [2.05, 4.69) is 20.8 Å². The molecule has 3 heterocycles. The maximum absolute atomic E-state index is 13.9. The Morgan fingerprint density at radius 2 is 1.42 bits per heavy atom. The molecule has 2 fully saturated rings. The Labute approximate surface area is 400 Å². The van der Waals surface area contributed by atoms with Crippen molar-refractivity contribution in [2.75, 3.05) is 34.9 Å². The van der Waals surface area contributed by atoms with Gasteiger partial charge in [-0.3, -0.25) is 24.1 Å². The normalized spacial score (nSPS) is 37.5. The highest BCUT2D eigenvalue weighted by Gasteiger charge is 2.52. The number of aliphatic hydroxyl groups excluding tert-OH is 1. The summed E-state index contributed by atoms with van der Waals surface area (Å²) in [5.41, 5.74) is 0.710. The van der Waals surface area contributed by atoms with Gasteiger partial charge in [-0.2, -0.15) is 0 Å². The number of methoxy groups -OCH3 is 2. The molecule has 0 radical (unpaired) electrons. The zero-order valence-electron chi connectivity index (χ0n) is 42.8. The lowest BCUT2D eigenvalue weighted by atomic mass is 9.79. The molecule has 3 aliphatic rings. The summed E-state index contributed by atoms with van der Waals surface area (Å²) in [6, 6.07) is 2.14. The van der Waals surface area contributed by atoms with Gasteiger partial charge in [0.1, 0.15) is 30.7 Å². The van der Waals surface area contributed by atoms with E-state index in [0.717, 1.165) is 24.4 Å². The van der Waals surface area contributed by atoms with Crippen LogP contribution in [0.4, 0.5) is 0 Å². The first-order valence-corrected chi connectivity index (χ1v) is 26.7. The Balaban J connectivity index is 2.01. The van der Waals surface area contributed by atoms with Crippen molar-refractivity contribution in [1.82, 2.24) is 4.90 Å². The minimum atomic E-state index is -2.07. The van der Waals surface area contributed by atoms with Crippen LogP contribution in [0.5, 0.6) is 0 Å². The quantitative estimate of drug-likeness (QED) is 0.0754. The fourth-order valence-electron chi connectivity index (χ4n) is 9.82. The standard InChI is InChI=1S/C49H83NO16Si/c1-16-39-36(27-59-48-47(58-15)46(57-14)44(32(9)60-48)66-67(17-2,18-3)19-4)24-28(5)20-21-37(54)29(6)25-35(22-23-51)42(30(7)38(55)26-40(56)64-39)65-49-45(63-34(11)53)41(50(12)13)43(31(8)61-49)62-33(10)52/h20-21,23-24,29-32,35-36,38-39,41-49,55H,16-19,22,25-27H2,1-15H3/b21-20+,28-24+/t29-,30+,31?,32?,35+,36-,38-,39-,41?,42-,43-,44-,45?,46+,47?,48-,49+/m1/s1. The van der Waals surface area contributed by atoms with Gasteiger partial charge >= 0.3 is 17.9 Å². The Hall–Kier alpha value is -2.91. The second-order valence-corrected chi connectivity index (χ2v) is 23.6. The molecule has 384 valence electrons. The van der Waals surface area contributed by atoms with Gasteiger partial charge in [0, 0.05) is 52.2 Å². The first-order chi connectivity index (χ1) is 31.6. The number of rotatable bonds is 18. The largest absolute Gasteiger partial charge is 0.462 e. The molecule has 5 unspecified atom stereocenters. The molecule has 0 amide bonds. The van der Waals surface area contributed by atoms with Crippen molar-refractivity contribution in [3.63, 3.8) is 0 Å². The fraction of sp³-hybridized carbons (Fsp3) is 0.816. The number of hydrogen-bond acceptors (Lipinski definition) is 17. The summed E-state index contributed by atoms with van der Waals surface area (Å²) in [6.45, 7) is 19.9. The zero-order valence-corrected chi connectivity index (χ0v) is 43.8. The van der Waals surface area contributed by atoms with E-state index in [1.807, 2.05) is 26.8 Å². The smallest absolute Gasteiger partial charge is 0.308 e. The SMILES string of the molecule is CC[C@H]1OC(=O)C[C@@H](O)[C@H](C)[C@@H](O[C@@H]2OC(C)[C@@H](OC(C)=O)C(N(C)C)C2OC(C)=O)[C@@H](CC=O)C[C@@H](C)C(=O)/C=C/C(C)=C/[C@@H]1CO[C@@H]1OC(C)[C@@H](O[Si](CC)(CC)CC)[C@H](OC)C1OC. The summed E-state index contributed by atoms with van der Waals surface area (Å²) in [5, 5.41) is 11.9. The van der Waals surface area contributed by atoms with Crippen molar-refractivity contribution in [3.05, 3.63) is 23.8 Å². The van der Waals surface area contributed by atoms with Crippen LogP contribution in [0.3, 0.4) is 0 Å². The molecule has 3 rings (SSSR count). The molecule has 3 aliphatic heterocycles. The van der Waals surface area contributed by atoms with E-state index < -0.39 is 130 Å². The average Bonchev–Trinajstić information content (AvgIpc) is 3.27. The van der Waals surface area contributed by atoms with Gasteiger partial charge in [-0.05, 0) is 77.8 Å². The van der Waals surface area contributed by atoms with Gasteiger partial charge in [-0.25, -0.2) is 0 Å². The molecule has 17 nitrogen and oxygen atoms in total. The molecule has 67 heavy (non-hydrogen) atoms. The number of aliphatic hydroxyl groups is 1. The number of allylic oxidation sites excluding steroid dienone is 3. The molecule has 0 bridgehead atoms. The van der Waals surface area contributed by atoms with Crippen molar-refractivity contribution >= 4 is 38.3 Å². The Morgan fingerprint density at radius 3 is 1.96 bits per heavy atom. The van der Waals surface area contributed by atoms with Crippen molar-refractivity contribution in [2.45, 2.75) is 200 Å². The van der Waals surface area contributed by atoms with Crippen LogP contribution < -0.4 is 0 Å². The zero-order chi connectivity index (χ0) is 50.3. The predicted molar refractivity (Wildman–Crippen MR) is 251 cm³/mol. The van der Waals surface area contributed by atoms with E-state index in [4.69, 9.17) is 47.1 Å². The highest BCUT2D eigenvalue weighted by molar-refractivity contribution is 6.73. The molecule has 0 aromatic carbocycles. The second-order valence-electron chi connectivity index (χ2n) is 18.9. The maximum atomic E-state index is 13.9. The van der Waals surface area contributed by atoms with Crippen LogP contribution in [0.15, 0.2) is 23.8 Å². The van der Waals surface area contributed by atoms with E-state index in [1.54, 1.807) is 60.1 Å². The predicted octanol–water partition coefficient (Wildman–Crippen LogP) is 5.73. The lowest BCUT2D eigenvalue weighted by Crippen LogP contribution is -2.65. The number of hydrogen-bond donors (Lipinski definition) is 1. The number of nitrogens with zero attached hydrogens (tertiary/aromatic N) is 1. The van der Waals surface area contributed by atoms with Crippen LogP contribution in [0.25, 0.3) is 0 Å². The lowest BCUT2D eigenvalue weighted by molar-refractivity contribution is -0.308. The Kier molecular flexibility index (Phi) is 23.9. The van der Waals surface area contributed by atoms with Gasteiger partial charge in [0.2, 0.25) is 0 Å². The summed E-state index contributed by atoms with van der Waals surface area (Å²) in [5.74, 6) is -4.75. The first-order valence-electron chi connectivity index (χ1n) is 24.2. The number of aldehydes is 1. The van der Waals surface area contributed by atoms with Crippen LogP contribution in [0.1, 0.15) is 102 Å². The van der Waals surface area contributed by atoms with Gasteiger partial charge in [0.15, 0.2) is 32.8 Å². The molecule has 0 aliphatic carbocycles. The van der Waals surface area contributed by atoms with Gasteiger partial charge in [0.05, 0.1) is 49.6 Å². The molecule has 2 saturated heterocycles. The highest BCUT2D eigenvalue weighted by atomic mass is 28.4. The number of esters is 3. The topological polar surface area (TPSA) is 201 Å². The molecule has 17 atom stereocenters. The number of likely N-dealkylation sites (N-methyl/N-ethyl adjacent to an activating group) is 1.